The van der Waals surface area contributed by atoms with Gasteiger partial charge in [0.05, 0.1) is 11.9 Å². The number of halogens is 3. The Balaban J connectivity index is 1.87. The fraction of sp³-hybridized carbons (Fsp3) is 0.316. The van der Waals surface area contributed by atoms with E-state index in [0.29, 0.717) is 5.69 Å². The first kappa shape index (κ1) is 21.1. The average Bonchev–Trinajstić information content (AvgIpc) is 3.07. The summed E-state index contributed by atoms with van der Waals surface area (Å²) in [5.41, 5.74) is 1.13. The Labute approximate surface area is 178 Å². The molecule has 1 heterocycles. The molecule has 0 aliphatic heterocycles. The third-order valence-electron chi connectivity index (χ3n) is 4.54. The van der Waals surface area contributed by atoms with Crippen LogP contribution in [0.3, 0.4) is 0 Å². The van der Waals surface area contributed by atoms with E-state index in [9.17, 15) is 18.1 Å². The normalized spacial score (nSPS) is 16.6. The second-order valence-corrected chi connectivity index (χ2v) is 9.14. The van der Waals surface area contributed by atoms with E-state index in [1.165, 1.54) is 30.5 Å². The van der Waals surface area contributed by atoms with Gasteiger partial charge in [0, 0.05) is 52.8 Å². The van der Waals surface area contributed by atoms with Crippen LogP contribution < -0.4 is 0 Å². The molecule has 0 bridgehead atoms. The first-order valence-electron chi connectivity index (χ1n) is 8.58. The average molecular weight is 519 g/mol. The Kier molecular flexibility index (Phi) is 6.35. The van der Waals surface area contributed by atoms with Gasteiger partial charge in [0.25, 0.3) is 0 Å². The summed E-state index contributed by atoms with van der Waals surface area (Å²) >= 11 is 1.04. The number of imidazole rings is 1. The Morgan fingerprint density at radius 3 is 2.79 bits per heavy atom. The van der Waals surface area contributed by atoms with Gasteiger partial charge < -0.3 is 14.6 Å². The molecule has 0 radical (unpaired) electrons. The zero-order valence-corrected chi connectivity index (χ0v) is 18.3. The third kappa shape index (κ3) is 4.36. The Morgan fingerprint density at radius 2 is 2.14 bits per heavy atom. The Bertz CT molecular complexity index is 953. The maximum atomic E-state index is 13.6. The van der Waals surface area contributed by atoms with E-state index in [1.807, 2.05) is 18.2 Å². The standard InChI is InChI=1S/C19H20F2IN3O2S/c1-24(14-8-4-3-5-9-14)17(26)16-12-23-18(25(16)2)28(27)15-10-6-7-13(11-15)19(20,21)22/h4,6-12,17,26H,3,5H2,1-2H3. The number of allylic oxidation sites excluding steroid dienone is 3. The second-order valence-electron chi connectivity index (χ2n) is 6.41. The first-order chi connectivity index (χ1) is 13.2. The van der Waals surface area contributed by atoms with Crippen LogP contribution in [0.15, 0.2) is 64.4 Å². The SMILES string of the molecule is CN(C1=CCCC=C1)C(O)c1cnc(S(=O)c2cccc(C(F)(F)I)c2)n1C. The molecule has 1 aromatic heterocycles. The molecule has 9 heteroatoms. The molecule has 0 spiro atoms. The topological polar surface area (TPSA) is 58.4 Å². The van der Waals surface area contributed by atoms with Gasteiger partial charge in [-0.3, -0.25) is 0 Å². The fourth-order valence-electron chi connectivity index (χ4n) is 2.91. The number of likely N-dealkylation sites (N-methyl/N-ethyl adjacent to an activating group) is 1. The van der Waals surface area contributed by atoms with Crippen molar-refractivity contribution in [2.75, 3.05) is 7.05 Å². The Morgan fingerprint density at radius 1 is 1.39 bits per heavy atom. The highest BCUT2D eigenvalue weighted by Crippen LogP contribution is 2.36. The minimum Gasteiger partial charge on any atom is -0.368 e. The predicted molar refractivity (Wildman–Crippen MR) is 111 cm³/mol. The van der Waals surface area contributed by atoms with E-state index in [1.54, 1.807) is 23.6 Å². The minimum atomic E-state index is -3.05. The lowest BCUT2D eigenvalue weighted by Gasteiger charge is -2.28. The van der Waals surface area contributed by atoms with Gasteiger partial charge in [-0.05, 0) is 31.1 Å². The monoisotopic (exact) mass is 519 g/mol. The van der Waals surface area contributed by atoms with Gasteiger partial charge in [0.2, 0.25) is 5.16 Å². The van der Waals surface area contributed by atoms with Crippen LogP contribution in [0.4, 0.5) is 8.78 Å². The quantitative estimate of drug-likeness (QED) is 0.353. The summed E-state index contributed by atoms with van der Waals surface area (Å²) in [7, 11) is 1.65. The number of rotatable bonds is 6. The summed E-state index contributed by atoms with van der Waals surface area (Å²) in [6, 6.07) is 5.48. The summed E-state index contributed by atoms with van der Waals surface area (Å²) in [6.45, 7) is 0. The predicted octanol–water partition coefficient (Wildman–Crippen LogP) is 4.23. The van der Waals surface area contributed by atoms with Gasteiger partial charge in [-0.15, -0.1) is 0 Å². The van der Waals surface area contributed by atoms with Crippen LogP contribution in [0.5, 0.6) is 0 Å². The van der Waals surface area contributed by atoms with Gasteiger partial charge >= 0.3 is 3.93 Å². The van der Waals surface area contributed by atoms with Crippen LogP contribution in [0.2, 0.25) is 0 Å². The van der Waals surface area contributed by atoms with Crippen molar-refractivity contribution in [3.63, 3.8) is 0 Å². The van der Waals surface area contributed by atoms with E-state index >= 15 is 0 Å². The number of aromatic nitrogens is 2. The molecule has 0 saturated carbocycles. The molecule has 1 aliphatic carbocycles. The van der Waals surface area contributed by atoms with Crippen LogP contribution in [0.1, 0.15) is 30.3 Å². The molecule has 0 fully saturated rings. The number of hydrogen-bond donors (Lipinski definition) is 1. The number of nitrogens with zero attached hydrogens (tertiary/aromatic N) is 3. The van der Waals surface area contributed by atoms with Crippen LogP contribution in [0.25, 0.3) is 0 Å². The van der Waals surface area contributed by atoms with Crippen molar-refractivity contribution in [3.8, 4) is 0 Å². The molecule has 2 aromatic rings. The molecule has 1 aliphatic rings. The van der Waals surface area contributed by atoms with Crippen LogP contribution >= 0.6 is 22.6 Å². The summed E-state index contributed by atoms with van der Waals surface area (Å²) in [5, 5.41) is 10.9. The maximum Gasteiger partial charge on any atom is 0.321 e. The maximum absolute atomic E-state index is 13.6. The molecular formula is C19H20F2IN3O2S. The lowest BCUT2D eigenvalue weighted by molar-refractivity contribution is 0.0406. The highest BCUT2D eigenvalue weighted by molar-refractivity contribution is 14.1. The molecule has 1 aromatic carbocycles. The van der Waals surface area contributed by atoms with Crippen molar-refractivity contribution in [2.45, 2.75) is 33.1 Å². The molecule has 150 valence electrons. The molecule has 0 amide bonds. The van der Waals surface area contributed by atoms with Crippen LogP contribution in [-0.2, 0) is 21.8 Å². The van der Waals surface area contributed by atoms with Crippen LogP contribution in [0, 0.1) is 0 Å². The van der Waals surface area contributed by atoms with Crippen molar-refractivity contribution < 1.29 is 18.1 Å². The van der Waals surface area contributed by atoms with E-state index in [4.69, 9.17) is 0 Å². The molecule has 3 rings (SSSR count). The van der Waals surface area contributed by atoms with Gasteiger partial charge in [-0.2, -0.15) is 8.78 Å². The molecule has 28 heavy (non-hydrogen) atoms. The molecule has 2 unspecified atom stereocenters. The second kappa shape index (κ2) is 8.42. The number of alkyl halides is 3. The van der Waals surface area contributed by atoms with E-state index in [0.717, 1.165) is 41.1 Å². The number of hydrogen-bond acceptors (Lipinski definition) is 4. The van der Waals surface area contributed by atoms with Gasteiger partial charge in [-0.1, -0.05) is 24.3 Å². The minimum absolute atomic E-state index is 0.185. The van der Waals surface area contributed by atoms with Gasteiger partial charge in [-0.25, -0.2) is 9.19 Å². The fourth-order valence-corrected chi connectivity index (χ4v) is 4.40. The van der Waals surface area contributed by atoms with Crippen molar-refractivity contribution in [3.05, 3.63) is 65.6 Å². The van der Waals surface area contributed by atoms with Crippen LogP contribution in [-0.4, -0.2) is 30.8 Å². The van der Waals surface area contributed by atoms with E-state index in [-0.39, 0.29) is 15.6 Å². The highest BCUT2D eigenvalue weighted by atomic mass is 127. The van der Waals surface area contributed by atoms with E-state index in [2.05, 4.69) is 4.98 Å². The largest absolute Gasteiger partial charge is 0.368 e. The highest BCUT2D eigenvalue weighted by Gasteiger charge is 2.28. The van der Waals surface area contributed by atoms with Gasteiger partial charge in [0.15, 0.2) is 6.23 Å². The summed E-state index contributed by atoms with van der Waals surface area (Å²) in [5.74, 6) is 0. The van der Waals surface area contributed by atoms with Crippen molar-refractivity contribution in [1.29, 1.82) is 0 Å². The number of benzene rings is 1. The Hall–Kier alpha value is -1.59. The zero-order valence-electron chi connectivity index (χ0n) is 15.3. The van der Waals surface area contributed by atoms with Crippen molar-refractivity contribution in [2.24, 2.45) is 7.05 Å². The lowest BCUT2D eigenvalue weighted by Crippen LogP contribution is -2.25. The third-order valence-corrected chi connectivity index (χ3v) is 6.55. The van der Waals surface area contributed by atoms with Crippen molar-refractivity contribution in [1.82, 2.24) is 14.5 Å². The number of aliphatic hydroxyl groups is 1. The smallest absolute Gasteiger partial charge is 0.321 e. The summed E-state index contributed by atoms with van der Waals surface area (Å²) < 4.78 is 38.6. The molecule has 1 N–H and O–H groups in total. The summed E-state index contributed by atoms with van der Waals surface area (Å²) in [4.78, 5) is 6.12. The lowest BCUT2D eigenvalue weighted by atomic mass is 10.1. The van der Waals surface area contributed by atoms with Gasteiger partial charge in [0.1, 0.15) is 10.8 Å². The first-order valence-corrected chi connectivity index (χ1v) is 10.8. The summed E-state index contributed by atoms with van der Waals surface area (Å²) in [6.07, 6.45) is 8.36. The zero-order chi connectivity index (χ0) is 20.5. The number of aliphatic hydroxyl groups excluding tert-OH is 1. The molecule has 5 nitrogen and oxygen atoms in total. The van der Waals surface area contributed by atoms with Crippen molar-refractivity contribution >= 4 is 33.4 Å². The molecule has 2 atom stereocenters. The van der Waals surface area contributed by atoms with E-state index < -0.39 is 21.0 Å². The molecule has 0 saturated heterocycles. The molecular weight excluding hydrogens is 499 g/mol.